The van der Waals surface area contributed by atoms with Crippen LogP contribution in [0, 0.1) is 6.92 Å². The van der Waals surface area contributed by atoms with Crippen molar-refractivity contribution in [2.75, 3.05) is 0 Å². The van der Waals surface area contributed by atoms with Gasteiger partial charge < -0.3 is 5.32 Å². The van der Waals surface area contributed by atoms with Gasteiger partial charge in [-0.3, -0.25) is 4.79 Å². The summed E-state index contributed by atoms with van der Waals surface area (Å²) in [6, 6.07) is 10.2. The number of halogens is 3. The SMILES string of the molecule is Cc1cc(C(=O)NC(C)(C)C)cc(-c2ccc(C(F)(F)F)cc2)c1. The summed E-state index contributed by atoms with van der Waals surface area (Å²) >= 11 is 0. The Bertz CT molecular complexity index is 741. The number of hydrogen-bond acceptors (Lipinski definition) is 1. The maximum Gasteiger partial charge on any atom is 0.416 e. The Balaban J connectivity index is 2.36. The average Bonchev–Trinajstić information content (AvgIpc) is 2.44. The molecule has 2 nitrogen and oxygen atoms in total. The first-order valence-electron chi connectivity index (χ1n) is 7.57. The van der Waals surface area contributed by atoms with Crippen LogP contribution >= 0.6 is 0 Å². The smallest absolute Gasteiger partial charge is 0.347 e. The van der Waals surface area contributed by atoms with Crippen molar-refractivity contribution in [3.05, 3.63) is 59.2 Å². The van der Waals surface area contributed by atoms with Gasteiger partial charge in [0.1, 0.15) is 0 Å². The molecule has 2 aromatic rings. The Morgan fingerprint density at radius 3 is 2.00 bits per heavy atom. The van der Waals surface area contributed by atoms with Gasteiger partial charge in [-0.1, -0.05) is 18.2 Å². The van der Waals surface area contributed by atoms with Crippen LogP contribution in [-0.4, -0.2) is 11.4 Å². The molecule has 0 saturated carbocycles. The number of nitrogens with one attached hydrogen (secondary N) is 1. The van der Waals surface area contributed by atoms with Crippen LogP contribution < -0.4 is 5.32 Å². The third-order valence-electron chi connectivity index (χ3n) is 3.37. The van der Waals surface area contributed by atoms with Crippen molar-refractivity contribution in [2.24, 2.45) is 0 Å². The molecule has 0 aliphatic carbocycles. The fourth-order valence-corrected chi connectivity index (χ4v) is 2.35. The lowest BCUT2D eigenvalue weighted by atomic mass is 9.98. The normalized spacial score (nSPS) is 12.1. The number of carbonyl (C=O) groups is 1. The molecule has 0 atom stereocenters. The van der Waals surface area contributed by atoms with Crippen molar-refractivity contribution in [3.63, 3.8) is 0 Å². The van der Waals surface area contributed by atoms with E-state index in [1.54, 1.807) is 12.1 Å². The second-order valence-corrected chi connectivity index (χ2v) is 6.87. The first kappa shape index (κ1) is 18.0. The van der Waals surface area contributed by atoms with Crippen molar-refractivity contribution >= 4 is 5.91 Å². The van der Waals surface area contributed by atoms with E-state index in [1.165, 1.54) is 12.1 Å². The zero-order valence-electron chi connectivity index (χ0n) is 14.1. The molecule has 0 bridgehead atoms. The monoisotopic (exact) mass is 335 g/mol. The average molecular weight is 335 g/mol. The highest BCUT2D eigenvalue weighted by Crippen LogP contribution is 2.31. The molecule has 0 fully saturated rings. The van der Waals surface area contributed by atoms with Gasteiger partial charge in [0.25, 0.3) is 5.91 Å². The zero-order chi connectivity index (χ0) is 18.1. The van der Waals surface area contributed by atoms with Crippen LogP contribution in [0.1, 0.15) is 42.3 Å². The number of amides is 1. The van der Waals surface area contributed by atoms with E-state index in [4.69, 9.17) is 0 Å². The number of hydrogen-bond donors (Lipinski definition) is 1. The molecule has 0 heterocycles. The predicted octanol–water partition coefficient (Wildman–Crippen LogP) is 5.21. The summed E-state index contributed by atoms with van der Waals surface area (Å²) in [4.78, 5) is 12.3. The molecule has 1 N–H and O–H groups in total. The fourth-order valence-electron chi connectivity index (χ4n) is 2.35. The molecule has 24 heavy (non-hydrogen) atoms. The van der Waals surface area contributed by atoms with E-state index in [0.29, 0.717) is 16.7 Å². The quantitative estimate of drug-likeness (QED) is 0.802. The second kappa shape index (κ2) is 6.30. The molecule has 2 rings (SSSR count). The number of carbonyl (C=O) groups excluding carboxylic acids is 1. The minimum Gasteiger partial charge on any atom is -0.347 e. The van der Waals surface area contributed by atoms with Crippen LogP contribution in [0.4, 0.5) is 13.2 Å². The standard InChI is InChI=1S/C19H20F3NO/c1-12-9-14(11-15(10-12)17(24)23-18(2,3)4)13-5-7-16(8-6-13)19(20,21)22/h5-11H,1-4H3,(H,23,24). The van der Waals surface area contributed by atoms with Gasteiger partial charge in [0.05, 0.1) is 5.56 Å². The Labute approximate surface area is 139 Å². The van der Waals surface area contributed by atoms with Gasteiger partial charge in [-0.25, -0.2) is 0 Å². The minimum absolute atomic E-state index is 0.209. The molecule has 0 unspecified atom stereocenters. The summed E-state index contributed by atoms with van der Waals surface area (Å²) in [5.74, 6) is -0.209. The van der Waals surface area contributed by atoms with E-state index in [9.17, 15) is 18.0 Å². The van der Waals surface area contributed by atoms with E-state index in [2.05, 4.69) is 5.32 Å². The largest absolute Gasteiger partial charge is 0.416 e. The van der Waals surface area contributed by atoms with E-state index < -0.39 is 11.7 Å². The van der Waals surface area contributed by atoms with Crippen LogP contribution in [-0.2, 0) is 6.18 Å². The third-order valence-corrected chi connectivity index (χ3v) is 3.37. The molecule has 5 heteroatoms. The third kappa shape index (κ3) is 4.60. The van der Waals surface area contributed by atoms with Gasteiger partial charge in [0.2, 0.25) is 0 Å². The van der Waals surface area contributed by atoms with E-state index >= 15 is 0 Å². The number of aryl methyl sites for hydroxylation is 1. The van der Waals surface area contributed by atoms with Crippen LogP contribution in [0.25, 0.3) is 11.1 Å². The molecule has 0 saturated heterocycles. The van der Waals surface area contributed by atoms with E-state index in [0.717, 1.165) is 17.7 Å². The Kier molecular flexibility index (Phi) is 4.74. The first-order valence-corrected chi connectivity index (χ1v) is 7.57. The first-order chi connectivity index (χ1) is 11.0. The lowest BCUT2D eigenvalue weighted by Gasteiger charge is -2.21. The van der Waals surface area contributed by atoms with Crippen LogP contribution in [0.5, 0.6) is 0 Å². The topological polar surface area (TPSA) is 29.1 Å². The summed E-state index contributed by atoms with van der Waals surface area (Å²) in [5, 5.41) is 2.88. The number of alkyl halides is 3. The molecule has 0 radical (unpaired) electrons. The van der Waals surface area contributed by atoms with Gasteiger partial charge in [0, 0.05) is 11.1 Å². The van der Waals surface area contributed by atoms with Crippen molar-refractivity contribution < 1.29 is 18.0 Å². The number of benzene rings is 2. The molecule has 0 aliphatic heterocycles. The Morgan fingerprint density at radius 2 is 1.50 bits per heavy atom. The van der Waals surface area contributed by atoms with Gasteiger partial charge in [-0.05, 0) is 68.7 Å². The summed E-state index contributed by atoms with van der Waals surface area (Å²) in [6.07, 6.45) is -4.36. The maximum atomic E-state index is 12.7. The highest BCUT2D eigenvalue weighted by Gasteiger charge is 2.30. The van der Waals surface area contributed by atoms with Crippen molar-refractivity contribution in [2.45, 2.75) is 39.4 Å². The molecule has 0 aromatic heterocycles. The van der Waals surface area contributed by atoms with Crippen LogP contribution in [0.15, 0.2) is 42.5 Å². The summed E-state index contributed by atoms with van der Waals surface area (Å²) in [7, 11) is 0. The van der Waals surface area contributed by atoms with Crippen molar-refractivity contribution in [1.29, 1.82) is 0 Å². The van der Waals surface area contributed by atoms with E-state index in [1.807, 2.05) is 33.8 Å². The van der Waals surface area contributed by atoms with E-state index in [-0.39, 0.29) is 11.4 Å². The Hall–Kier alpha value is -2.30. The second-order valence-electron chi connectivity index (χ2n) is 6.87. The van der Waals surface area contributed by atoms with Crippen LogP contribution in [0.2, 0.25) is 0 Å². The van der Waals surface area contributed by atoms with Gasteiger partial charge in [0.15, 0.2) is 0 Å². The van der Waals surface area contributed by atoms with Crippen molar-refractivity contribution in [3.8, 4) is 11.1 Å². The van der Waals surface area contributed by atoms with Crippen LogP contribution in [0.3, 0.4) is 0 Å². The lowest BCUT2D eigenvalue weighted by Crippen LogP contribution is -2.40. The molecular weight excluding hydrogens is 315 g/mol. The Morgan fingerprint density at radius 1 is 0.917 bits per heavy atom. The summed E-state index contributed by atoms with van der Waals surface area (Å²) < 4.78 is 38.0. The molecule has 2 aromatic carbocycles. The summed E-state index contributed by atoms with van der Waals surface area (Å²) in [5.41, 5.74) is 1.64. The minimum atomic E-state index is -4.36. The predicted molar refractivity (Wildman–Crippen MR) is 88.8 cm³/mol. The van der Waals surface area contributed by atoms with Gasteiger partial charge in [-0.15, -0.1) is 0 Å². The number of rotatable bonds is 2. The molecule has 1 amide bonds. The molecule has 0 spiro atoms. The fraction of sp³-hybridized carbons (Fsp3) is 0.316. The van der Waals surface area contributed by atoms with Gasteiger partial charge in [-0.2, -0.15) is 13.2 Å². The van der Waals surface area contributed by atoms with Gasteiger partial charge >= 0.3 is 6.18 Å². The molecular formula is C19H20F3NO. The molecule has 0 aliphatic rings. The highest BCUT2D eigenvalue weighted by atomic mass is 19.4. The lowest BCUT2D eigenvalue weighted by molar-refractivity contribution is -0.137. The summed E-state index contributed by atoms with van der Waals surface area (Å²) in [6.45, 7) is 7.51. The highest BCUT2D eigenvalue weighted by molar-refractivity contribution is 5.96. The zero-order valence-corrected chi connectivity index (χ0v) is 14.1. The molecule has 128 valence electrons. The maximum absolute atomic E-state index is 12.7. The van der Waals surface area contributed by atoms with Crippen molar-refractivity contribution in [1.82, 2.24) is 5.32 Å².